The molecule has 0 aliphatic carbocycles. The standard InChI is InChI=1S/C19H19Cl2F3N4O/c20-15-12-6-7-28(9-13(12)16(21)18(26)17(15)25)14(29)3-1-2-11-5-4-10(8-27-11)19(22,23)24/h4-5,8H,1-3,6-7,9,25-26H2. The molecule has 5 nitrogen and oxygen atoms in total. The average Bonchev–Trinajstić information content (AvgIpc) is 2.69. The van der Waals surface area contributed by atoms with Crippen molar-refractivity contribution in [3.63, 3.8) is 0 Å². The number of carbonyl (C=O) groups excluding carboxylic acids is 1. The smallest absolute Gasteiger partial charge is 0.396 e. The van der Waals surface area contributed by atoms with Gasteiger partial charge in [0.25, 0.3) is 0 Å². The molecule has 10 heteroatoms. The number of aromatic nitrogens is 1. The Morgan fingerprint density at radius 3 is 2.38 bits per heavy atom. The van der Waals surface area contributed by atoms with Gasteiger partial charge in [0.2, 0.25) is 5.91 Å². The van der Waals surface area contributed by atoms with Crippen LogP contribution in [0.3, 0.4) is 0 Å². The molecular formula is C19H19Cl2F3N4O. The van der Waals surface area contributed by atoms with Crippen LogP contribution in [-0.4, -0.2) is 22.3 Å². The van der Waals surface area contributed by atoms with E-state index in [1.165, 1.54) is 6.07 Å². The lowest BCUT2D eigenvalue weighted by Gasteiger charge is -2.31. The van der Waals surface area contributed by atoms with Crippen LogP contribution >= 0.6 is 23.2 Å². The Hall–Kier alpha value is -2.19. The summed E-state index contributed by atoms with van der Waals surface area (Å²) in [5.74, 6) is -0.0786. The maximum absolute atomic E-state index is 12.6. The molecule has 2 aromatic rings. The van der Waals surface area contributed by atoms with E-state index in [0.717, 1.165) is 17.8 Å². The fraction of sp³-hybridized carbons (Fsp3) is 0.368. The van der Waals surface area contributed by atoms with E-state index in [1.807, 2.05) is 0 Å². The number of halogens is 5. The zero-order valence-corrected chi connectivity index (χ0v) is 16.8. The van der Waals surface area contributed by atoms with Crippen LogP contribution in [0.25, 0.3) is 0 Å². The molecule has 0 saturated heterocycles. The second kappa shape index (κ2) is 8.28. The van der Waals surface area contributed by atoms with Crippen molar-refractivity contribution in [2.24, 2.45) is 0 Å². The third-order valence-corrected chi connectivity index (χ3v) is 5.83. The molecule has 1 aromatic heterocycles. The Morgan fingerprint density at radius 2 is 1.79 bits per heavy atom. The van der Waals surface area contributed by atoms with Gasteiger partial charge >= 0.3 is 6.18 Å². The predicted molar refractivity (Wildman–Crippen MR) is 107 cm³/mol. The molecule has 0 fully saturated rings. The molecule has 1 aliphatic rings. The van der Waals surface area contributed by atoms with Gasteiger partial charge in [-0.3, -0.25) is 9.78 Å². The highest BCUT2D eigenvalue weighted by atomic mass is 35.5. The minimum atomic E-state index is -4.41. The Labute approximate surface area is 175 Å². The Bertz CT molecular complexity index is 933. The number of anilines is 2. The van der Waals surface area contributed by atoms with E-state index in [-0.39, 0.29) is 30.2 Å². The molecular weight excluding hydrogens is 428 g/mol. The quantitative estimate of drug-likeness (QED) is 0.677. The molecule has 1 aliphatic heterocycles. The number of nitrogen functional groups attached to an aromatic ring is 2. The summed E-state index contributed by atoms with van der Waals surface area (Å²) >= 11 is 12.6. The third-order valence-electron chi connectivity index (χ3n) is 4.97. The number of nitrogens with two attached hydrogens (primary N) is 2. The topological polar surface area (TPSA) is 85.2 Å². The molecule has 29 heavy (non-hydrogen) atoms. The zero-order chi connectivity index (χ0) is 21.3. The lowest BCUT2D eigenvalue weighted by molar-refractivity contribution is -0.137. The van der Waals surface area contributed by atoms with E-state index >= 15 is 0 Å². The number of aryl methyl sites for hydroxylation is 1. The number of alkyl halides is 3. The largest absolute Gasteiger partial charge is 0.417 e. The Balaban J connectivity index is 1.59. The number of hydrogen-bond acceptors (Lipinski definition) is 4. The molecule has 0 radical (unpaired) electrons. The van der Waals surface area contributed by atoms with Gasteiger partial charge in [0.05, 0.1) is 27.0 Å². The summed E-state index contributed by atoms with van der Waals surface area (Å²) in [6.45, 7) is 0.763. The highest BCUT2D eigenvalue weighted by Crippen LogP contribution is 2.41. The van der Waals surface area contributed by atoms with E-state index in [4.69, 9.17) is 34.7 Å². The van der Waals surface area contributed by atoms with Crippen LogP contribution < -0.4 is 11.5 Å². The summed E-state index contributed by atoms with van der Waals surface area (Å²) in [7, 11) is 0. The van der Waals surface area contributed by atoms with Gasteiger partial charge in [-0.25, -0.2) is 0 Å². The minimum absolute atomic E-state index is 0.0786. The average molecular weight is 447 g/mol. The van der Waals surface area contributed by atoms with Crippen molar-refractivity contribution in [3.8, 4) is 0 Å². The van der Waals surface area contributed by atoms with Crippen LogP contribution in [-0.2, 0) is 30.4 Å². The number of carbonyl (C=O) groups is 1. The summed E-state index contributed by atoms with van der Waals surface area (Å²) in [6, 6.07) is 2.33. The van der Waals surface area contributed by atoms with Gasteiger partial charge in [-0.15, -0.1) is 0 Å². The van der Waals surface area contributed by atoms with Crippen LogP contribution in [0.4, 0.5) is 24.5 Å². The van der Waals surface area contributed by atoms with Crippen molar-refractivity contribution in [1.82, 2.24) is 9.88 Å². The second-order valence-corrected chi connectivity index (χ2v) is 7.62. The van der Waals surface area contributed by atoms with Crippen molar-refractivity contribution in [3.05, 3.63) is 50.8 Å². The van der Waals surface area contributed by atoms with Crippen LogP contribution in [0.5, 0.6) is 0 Å². The molecule has 0 bridgehead atoms. The first-order valence-electron chi connectivity index (χ1n) is 8.93. The van der Waals surface area contributed by atoms with Crippen molar-refractivity contribution in [1.29, 1.82) is 0 Å². The lowest BCUT2D eigenvalue weighted by Crippen LogP contribution is -2.36. The summed E-state index contributed by atoms with van der Waals surface area (Å²) in [5, 5.41) is 0.690. The summed E-state index contributed by atoms with van der Waals surface area (Å²) in [4.78, 5) is 18.0. The molecule has 2 heterocycles. The molecule has 4 N–H and O–H groups in total. The normalized spacial score (nSPS) is 14.0. The van der Waals surface area contributed by atoms with E-state index in [0.29, 0.717) is 47.1 Å². The molecule has 0 saturated carbocycles. The molecule has 0 atom stereocenters. The highest BCUT2D eigenvalue weighted by Gasteiger charge is 2.30. The van der Waals surface area contributed by atoms with Gasteiger partial charge in [-0.2, -0.15) is 13.2 Å². The van der Waals surface area contributed by atoms with E-state index in [9.17, 15) is 18.0 Å². The number of rotatable bonds is 4. The number of amides is 1. The second-order valence-electron chi connectivity index (χ2n) is 6.87. The van der Waals surface area contributed by atoms with Crippen LogP contribution in [0, 0.1) is 0 Å². The predicted octanol–water partition coefficient (Wildman–Crippen LogP) is 4.48. The summed E-state index contributed by atoms with van der Waals surface area (Å²) in [6.07, 6.45) is -1.97. The fourth-order valence-electron chi connectivity index (χ4n) is 3.30. The SMILES string of the molecule is Nc1c(N)c(Cl)c2c(c1Cl)CCN(C(=O)CCCc1ccc(C(F)(F)F)cn1)C2. The van der Waals surface area contributed by atoms with Crippen molar-refractivity contribution < 1.29 is 18.0 Å². The van der Waals surface area contributed by atoms with Crippen molar-refractivity contribution >= 4 is 40.5 Å². The van der Waals surface area contributed by atoms with Gasteiger partial charge in [-0.1, -0.05) is 23.2 Å². The van der Waals surface area contributed by atoms with Gasteiger partial charge in [0.1, 0.15) is 0 Å². The number of pyridine rings is 1. The highest BCUT2D eigenvalue weighted by molar-refractivity contribution is 6.39. The first-order chi connectivity index (χ1) is 13.6. The van der Waals surface area contributed by atoms with Gasteiger partial charge < -0.3 is 16.4 Å². The van der Waals surface area contributed by atoms with E-state index in [1.54, 1.807) is 4.90 Å². The number of benzene rings is 1. The minimum Gasteiger partial charge on any atom is -0.396 e. The van der Waals surface area contributed by atoms with Gasteiger partial charge in [0.15, 0.2) is 0 Å². The van der Waals surface area contributed by atoms with Crippen LogP contribution in [0.2, 0.25) is 10.0 Å². The van der Waals surface area contributed by atoms with Crippen molar-refractivity contribution in [2.45, 2.75) is 38.4 Å². The first kappa shape index (κ1) is 21.5. The van der Waals surface area contributed by atoms with Crippen molar-refractivity contribution in [2.75, 3.05) is 18.0 Å². The van der Waals surface area contributed by atoms with E-state index < -0.39 is 11.7 Å². The molecule has 1 amide bonds. The van der Waals surface area contributed by atoms with Gasteiger partial charge in [0, 0.05) is 31.4 Å². The zero-order valence-electron chi connectivity index (χ0n) is 15.3. The van der Waals surface area contributed by atoms with E-state index in [2.05, 4.69) is 4.98 Å². The van der Waals surface area contributed by atoms with Crippen LogP contribution in [0.1, 0.15) is 35.2 Å². The molecule has 0 spiro atoms. The first-order valence-corrected chi connectivity index (χ1v) is 9.68. The third kappa shape index (κ3) is 4.53. The molecule has 1 aromatic carbocycles. The lowest BCUT2D eigenvalue weighted by atomic mass is 9.97. The number of hydrogen-bond donors (Lipinski definition) is 2. The Kier molecular flexibility index (Phi) is 6.14. The van der Waals surface area contributed by atoms with Gasteiger partial charge in [-0.05, 0) is 42.5 Å². The molecule has 156 valence electrons. The molecule has 0 unspecified atom stereocenters. The molecule has 3 rings (SSSR count). The summed E-state index contributed by atoms with van der Waals surface area (Å²) in [5.41, 5.74) is 13.4. The number of fused-ring (bicyclic) bond motifs is 1. The maximum atomic E-state index is 12.6. The maximum Gasteiger partial charge on any atom is 0.417 e. The summed E-state index contributed by atoms with van der Waals surface area (Å²) < 4.78 is 37.7. The fourth-order valence-corrected chi connectivity index (χ4v) is 3.89. The number of nitrogens with zero attached hydrogens (tertiary/aromatic N) is 2. The monoisotopic (exact) mass is 446 g/mol. The van der Waals surface area contributed by atoms with Crippen LogP contribution in [0.15, 0.2) is 18.3 Å². The Morgan fingerprint density at radius 1 is 1.14 bits per heavy atom.